The highest BCUT2D eigenvalue weighted by Gasteiger charge is 2.24. The van der Waals surface area contributed by atoms with Crippen molar-refractivity contribution >= 4 is 11.9 Å². The number of esters is 1. The van der Waals surface area contributed by atoms with Gasteiger partial charge in [0, 0.05) is 6.42 Å². The van der Waals surface area contributed by atoms with Crippen LogP contribution in [-0.2, 0) is 14.3 Å². The second-order valence-electron chi connectivity index (χ2n) is 18.6. The van der Waals surface area contributed by atoms with E-state index in [1.807, 2.05) is 0 Å². The lowest BCUT2D eigenvalue weighted by Gasteiger charge is -2.24. The molecule has 0 aliphatic heterocycles. The largest absolute Gasteiger partial charge is 0.462 e. The average Bonchev–Trinajstić information content (AvgIpc) is 3.30. The molecule has 0 aliphatic rings. The van der Waals surface area contributed by atoms with Crippen molar-refractivity contribution in [3.63, 3.8) is 0 Å². The number of ether oxygens (including phenoxy) is 1. The first-order valence-electron chi connectivity index (χ1n) is 27.7. The first-order valence-corrected chi connectivity index (χ1v) is 27.7. The number of amides is 1. The van der Waals surface area contributed by atoms with Gasteiger partial charge in [-0.15, -0.1) is 0 Å². The van der Waals surface area contributed by atoms with Crippen molar-refractivity contribution < 1.29 is 24.5 Å². The van der Waals surface area contributed by atoms with E-state index in [0.717, 1.165) is 96.3 Å². The number of rotatable bonds is 49. The molecule has 0 spiro atoms. The van der Waals surface area contributed by atoms with Gasteiger partial charge in [-0.1, -0.05) is 235 Å². The molecule has 0 fully saturated rings. The summed E-state index contributed by atoms with van der Waals surface area (Å²) in [6.07, 6.45) is 66.8. The Labute approximate surface area is 402 Å². The standard InChI is InChI=1S/C59H105NO5/c1-4-7-10-13-16-19-22-25-28-29-31-32-35-38-41-44-47-50-55(65-59(64)52-49-46-43-40-37-34-27-24-21-18-15-12-9-6-3)53-58(63)60-56(54-61)57(62)51-48-45-42-39-36-33-30-26-23-20-17-14-11-8-5-2/h7,10,16,19,25,28,31-32,34,37-38,41,55-57,61-62H,4-6,8-9,11-15,17-18,20-24,26-27,29-30,33,35-36,39-40,42-54H2,1-3H3,(H,60,63)/b10-7-,19-16-,28-25-,32-31-,37-34-,41-38-. The predicted molar refractivity (Wildman–Crippen MR) is 282 cm³/mol. The van der Waals surface area contributed by atoms with Crippen LogP contribution in [0.15, 0.2) is 72.9 Å². The molecule has 376 valence electrons. The normalized spacial score (nSPS) is 13.7. The topological polar surface area (TPSA) is 95.9 Å². The summed E-state index contributed by atoms with van der Waals surface area (Å²) in [7, 11) is 0. The van der Waals surface area contributed by atoms with E-state index in [1.54, 1.807) is 0 Å². The number of carbonyl (C=O) groups is 2. The van der Waals surface area contributed by atoms with Crippen molar-refractivity contribution in [3.05, 3.63) is 72.9 Å². The van der Waals surface area contributed by atoms with Gasteiger partial charge in [-0.05, 0) is 89.9 Å². The summed E-state index contributed by atoms with van der Waals surface area (Å²) in [5.41, 5.74) is 0. The van der Waals surface area contributed by atoms with Crippen LogP contribution in [0.5, 0.6) is 0 Å². The lowest BCUT2D eigenvalue weighted by Crippen LogP contribution is -2.46. The minimum absolute atomic E-state index is 0.0309. The summed E-state index contributed by atoms with van der Waals surface area (Å²) in [6.45, 7) is 6.36. The van der Waals surface area contributed by atoms with Crippen molar-refractivity contribution in [2.24, 2.45) is 0 Å². The molecule has 0 radical (unpaired) electrons. The number of nitrogens with one attached hydrogen (secondary N) is 1. The number of carbonyl (C=O) groups excluding carboxylic acids is 2. The van der Waals surface area contributed by atoms with Crippen LogP contribution in [0.4, 0.5) is 0 Å². The van der Waals surface area contributed by atoms with Gasteiger partial charge < -0.3 is 20.3 Å². The highest BCUT2D eigenvalue weighted by Crippen LogP contribution is 2.17. The molecular formula is C59H105NO5. The molecule has 3 unspecified atom stereocenters. The maximum atomic E-state index is 13.2. The summed E-state index contributed by atoms with van der Waals surface area (Å²) in [4.78, 5) is 26.2. The molecule has 0 bridgehead atoms. The second-order valence-corrected chi connectivity index (χ2v) is 18.6. The highest BCUT2D eigenvalue weighted by atomic mass is 16.5. The van der Waals surface area contributed by atoms with Gasteiger partial charge in [0.25, 0.3) is 0 Å². The Morgan fingerprint density at radius 1 is 0.462 bits per heavy atom. The van der Waals surface area contributed by atoms with Crippen LogP contribution < -0.4 is 5.32 Å². The minimum Gasteiger partial charge on any atom is -0.462 e. The van der Waals surface area contributed by atoms with Crippen LogP contribution in [-0.4, -0.2) is 46.9 Å². The molecule has 0 aromatic heterocycles. The maximum absolute atomic E-state index is 13.2. The van der Waals surface area contributed by atoms with E-state index in [9.17, 15) is 19.8 Å². The van der Waals surface area contributed by atoms with Crippen LogP contribution >= 0.6 is 0 Å². The van der Waals surface area contributed by atoms with Crippen LogP contribution in [0.2, 0.25) is 0 Å². The molecule has 0 rings (SSSR count). The van der Waals surface area contributed by atoms with Crippen LogP contribution in [0.3, 0.4) is 0 Å². The van der Waals surface area contributed by atoms with Gasteiger partial charge in [-0.2, -0.15) is 0 Å². The maximum Gasteiger partial charge on any atom is 0.306 e. The summed E-state index contributed by atoms with van der Waals surface area (Å²) in [6, 6.07) is -0.726. The zero-order chi connectivity index (χ0) is 47.4. The molecule has 6 heteroatoms. The summed E-state index contributed by atoms with van der Waals surface area (Å²) in [5.74, 6) is -0.547. The number of unbranched alkanes of at least 4 members (excludes halogenated alkanes) is 25. The third-order valence-electron chi connectivity index (χ3n) is 12.3. The Bertz CT molecular complexity index is 1200. The first-order chi connectivity index (χ1) is 32.0. The number of allylic oxidation sites excluding steroid dienone is 12. The van der Waals surface area contributed by atoms with Gasteiger partial charge in [0.1, 0.15) is 6.10 Å². The fourth-order valence-corrected chi connectivity index (χ4v) is 8.10. The van der Waals surface area contributed by atoms with Gasteiger partial charge in [-0.3, -0.25) is 9.59 Å². The van der Waals surface area contributed by atoms with Crippen molar-refractivity contribution in [1.82, 2.24) is 5.32 Å². The molecule has 0 aliphatic carbocycles. The number of aliphatic hydroxyl groups is 2. The third-order valence-corrected chi connectivity index (χ3v) is 12.3. The fraction of sp³-hybridized carbons (Fsp3) is 0.763. The van der Waals surface area contributed by atoms with Crippen LogP contribution in [0, 0.1) is 0 Å². The molecule has 1 amide bonds. The second kappa shape index (κ2) is 52.3. The zero-order valence-electron chi connectivity index (χ0n) is 42.9. The van der Waals surface area contributed by atoms with Crippen LogP contribution in [0.1, 0.15) is 265 Å². The molecule has 65 heavy (non-hydrogen) atoms. The van der Waals surface area contributed by atoms with E-state index < -0.39 is 18.2 Å². The Balaban J connectivity index is 4.69. The fourth-order valence-electron chi connectivity index (χ4n) is 8.10. The number of hydrogen-bond donors (Lipinski definition) is 3. The van der Waals surface area contributed by atoms with E-state index in [4.69, 9.17) is 4.74 Å². The zero-order valence-corrected chi connectivity index (χ0v) is 42.9. The Hall–Kier alpha value is -2.70. The number of aliphatic hydroxyl groups excluding tert-OH is 2. The lowest BCUT2D eigenvalue weighted by molar-refractivity contribution is -0.151. The summed E-state index contributed by atoms with van der Waals surface area (Å²) in [5, 5.41) is 23.8. The van der Waals surface area contributed by atoms with Crippen molar-refractivity contribution in [2.75, 3.05) is 6.61 Å². The van der Waals surface area contributed by atoms with E-state index >= 15 is 0 Å². The van der Waals surface area contributed by atoms with Crippen LogP contribution in [0.25, 0.3) is 0 Å². The molecule has 0 heterocycles. The Morgan fingerprint density at radius 3 is 1.31 bits per heavy atom. The van der Waals surface area contributed by atoms with E-state index in [1.165, 1.54) is 122 Å². The molecule has 3 N–H and O–H groups in total. The van der Waals surface area contributed by atoms with Gasteiger partial charge in [0.05, 0.1) is 25.2 Å². The quantitative estimate of drug-likeness (QED) is 0.0321. The molecule has 0 saturated carbocycles. The van der Waals surface area contributed by atoms with E-state index in [-0.39, 0.29) is 24.9 Å². The minimum atomic E-state index is -0.808. The highest BCUT2D eigenvalue weighted by molar-refractivity contribution is 5.77. The van der Waals surface area contributed by atoms with Crippen molar-refractivity contribution in [1.29, 1.82) is 0 Å². The molecule has 3 atom stereocenters. The molecule has 0 aromatic rings. The first kappa shape index (κ1) is 62.3. The Morgan fingerprint density at radius 2 is 0.846 bits per heavy atom. The van der Waals surface area contributed by atoms with Gasteiger partial charge in [0.2, 0.25) is 5.91 Å². The van der Waals surface area contributed by atoms with E-state index in [2.05, 4.69) is 99.0 Å². The average molecular weight is 908 g/mol. The summed E-state index contributed by atoms with van der Waals surface area (Å²) >= 11 is 0. The van der Waals surface area contributed by atoms with E-state index in [0.29, 0.717) is 19.3 Å². The van der Waals surface area contributed by atoms with Gasteiger partial charge >= 0.3 is 5.97 Å². The summed E-state index contributed by atoms with van der Waals surface area (Å²) < 4.78 is 5.91. The Kier molecular flexibility index (Phi) is 50.1. The predicted octanol–water partition coefficient (Wildman–Crippen LogP) is 17.0. The molecule has 0 saturated heterocycles. The van der Waals surface area contributed by atoms with Gasteiger partial charge in [-0.25, -0.2) is 0 Å². The smallest absolute Gasteiger partial charge is 0.306 e. The third kappa shape index (κ3) is 47.6. The lowest BCUT2D eigenvalue weighted by atomic mass is 10.0. The monoisotopic (exact) mass is 908 g/mol. The van der Waals surface area contributed by atoms with Crippen molar-refractivity contribution in [3.8, 4) is 0 Å². The van der Waals surface area contributed by atoms with Gasteiger partial charge in [0.15, 0.2) is 0 Å². The SMILES string of the molecule is CC/C=C\C/C=C\C/C=C\C/C=C\C/C=C\CCCC(CC(=O)NC(CO)C(O)CCCCCCCCCCCCCCCCC)OC(=O)CCCCC/C=C\CCCCCCCCC. The molecule has 6 nitrogen and oxygen atoms in total. The molecule has 0 aromatic carbocycles. The number of hydrogen-bond acceptors (Lipinski definition) is 5. The van der Waals surface area contributed by atoms with Crippen molar-refractivity contribution in [2.45, 2.75) is 283 Å². The molecular weight excluding hydrogens is 803 g/mol.